The topological polar surface area (TPSA) is 94.2 Å². The molecule has 1 saturated heterocycles. The van der Waals surface area contributed by atoms with Crippen molar-refractivity contribution in [3.05, 3.63) is 48.0 Å². The number of ether oxygens (including phenoxy) is 3. The van der Waals surface area contributed by atoms with Gasteiger partial charge in [0.25, 0.3) is 5.91 Å². The van der Waals surface area contributed by atoms with Crippen LogP contribution >= 0.6 is 0 Å². The van der Waals surface area contributed by atoms with E-state index in [4.69, 9.17) is 14.2 Å². The lowest BCUT2D eigenvalue weighted by molar-refractivity contribution is -0.123. The van der Waals surface area contributed by atoms with Gasteiger partial charge in [-0.15, -0.1) is 0 Å². The second-order valence-electron chi connectivity index (χ2n) is 7.27. The Labute approximate surface area is 183 Å². The molecule has 0 aromatic heterocycles. The normalized spacial score (nSPS) is 15.3. The quantitative estimate of drug-likeness (QED) is 0.634. The summed E-state index contributed by atoms with van der Waals surface area (Å²) in [5.74, 6) is 1.33. The smallest absolute Gasteiger partial charge is 0.258 e. The van der Waals surface area contributed by atoms with Crippen LogP contribution in [-0.4, -0.2) is 52.5 Å². The highest BCUT2D eigenvalue weighted by molar-refractivity contribution is 7.89. The maximum Gasteiger partial charge on any atom is 0.258 e. The number of hydrogen-bond donors (Lipinski definition) is 1. The van der Waals surface area contributed by atoms with E-state index in [-0.39, 0.29) is 23.5 Å². The second kappa shape index (κ2) is 10.0. The first-order valence-corrected chi connectivity index (χ1v) is 11.5. The molecular weight excluding hydrogens is 420 g/mol. The minimum absolute atomic E-state index is 0.185. The van der Waals surface area contributed by atoms with E-state index >= 15 is 0 Å². The molecule has 31 heavy (non-hydrogen) atoms. The van der Waals surface area contributed by atoms with Gasteiger partial charge in [0.1, 0.15) is 5.75 Å². The van der Waals surface area contributed by atoms with Crippen molar-refractivity contribution >= 4 is 15.9 Å². The van der Waals surface area contributed by atoms with E-state index in [9.17, 15) is 13.2 Å². The van der Waals surface area contributed by atoms with Gasteiger partial charge < -0.3 is 19.5 Å². The van der Waals surface area contributed by atoms with E-state index in [1.54, 1.807) is 32.4 Å². The SMILES string of the molecule is COc1ccc([C@@H](C)NC(=O)COc2ccc(S(=O)(=O)N3CCCC3)cc2)cc1OC. The molecule has 1 atom stereocenters. The van der Waals surface area contributed by atoms with Crippen molar-refractivity contribution in [2.75, 3.05) is 33.9 Å². The van der Waals surface area contributed by atoms with Crippen molar-refractivity contribution < 1.29 is 27.4 Å². The van der Waals surface area contributed by atoms with Gasteiger partial charge in [0.2, 0.25) is 10.0 Å². The van der Waals surface area contributed by atoms with Crippen molar-refractivity contribution in [3.8, 4) is 17.2 Å². The van der Waals surface area contributed by atoms with Gasteiger partial charge in [-0.1, -0.05) is 6.07 Å². The van der Waals surface area contributed by atoms with Crippen LogP contribution in [0, 0.1) is 0 Å². The molecule has 168 valence electrons. The molecule has 0 spiro atoms. The van der Waals surface area contributed by atoms with E-state index in [0.29, 0.717) is 30.3 Å². The van der Waals surface area contributed by atoms with E-state index in [1.807, 2.05) is 19.1 Å². The van der Waals surface area contributed by atoms with Crippen molar-refractivity contribution in [2.24, 2.45) is 0 Å². The first kappa shape index (κ1) is 22.9. The van der Waals surface area contributed by atoms with Gasteiger partial charge in [0.15, 0.2) is 18.1 Å². The molecule has 0 bridgehead atoms. The summed E-state index contributed by atoms with van der Waals surface area (Å²) in [6, 6.07) is 11.3. The zero-order chi connectivity index (χ0) is 22.4. The molecule has 2 aromatic carbocycles. The van der Waals surface area contributed by atoms with Crippen LogP contribution < -0.4 is 19.5 Å². The molecule has 0 unspecified atom stereocenters. The average Bonchev–Trinajstić information content (AvgIpc) is 3.33. The number of carbonyl (C=O) groups excluding carboxylic acids is 1. The van der Waals surface area contributed by atoms with Crippen molar-refractivity contribution in [3.63, 3.8) is 0 Å². The summed E-state index contributed by atoms with van der Waals surface area (Å²) < 4.78 is 42.6. The Hall–Kier alpha value is -2.78. The van der Waals surface area contributed by atoms with E-state index in [0.717, 1.165) is 18.4 Å². The van der Waals surface area contributed by atoms with Crippen molar-refractivity contribution in [1.29, 1.82) is 0 Å². The fraction of sp³-hybridized carbons (Fsp3) is 0.409. The van der Waals surface area contributed by atoms with Crippen LogP contribution in [0.25, 0.3) is 0 Å². The van der Waals surface area contributed by atoms with E-state index in [1.165, 1.54) is 16.4 Å². The summed E-state index contributed by atoms with van der Waals surface area (Å²) >= 11 is 0. The van der Waals surface area contributed by atoms with Gasteiger partial charge in [-0.25, -0.2) is 8.42 Å². The fourth-order valence-corrected chi connectivity index (χ4v) is 4.94. The third kappa shape index (κ3) is 5.48. The molecule has 1 fully saturated rings. The fourth-order valence-electron chi connectivity index (χ4n) is 3.42. The van der Waals surface area contributed by atoms with Gasteiger partial charge in [-0.05, 0) is 61.7 Å². The Kier molecular flexibility index (Phi) is 7.40. The molecule has 0 aliphatic carbocycles. The third-order valence-corrected chi connectivity index (χ3v) is 7.09. The van der Waals surface area contributed by atoms with Crippen LogP contribution in [0.5, 0.6) is 17.2 Å². The minimum atomic E-state index is -3.46. The molecular formula is C22H28N2O6S. The Balaban J connectivity index is 1.54. The van der Waals surface area contributed by atoms with Crippen molar-refractivity contribution in [1.82, 2.24) is 9.62 Å². The highest BCUT2D eigenvalue weighted by atomic mass is 32.2. The van der Waals surface area contributed by atoms with Crippen LogP contribution in [0.15, 0.2) is 47.4 Å². The summed E-state index contributed by atoms with van der Waals surface area (Å²) in [5.41, 5.74) is 0.863. The summed E-state index contributed by atoms with van der Waals surface area (Å²) in [7, 11) is -0.345. The van der Waals surface area contributed by atoms with Crippen LogP contribution in [0.4, 0.5) is 0 Å². The van der Waals surface area contributed by atoms with E-state index < -0.39 is 10.0 Å². The molecule has 2 aromatic rings. The zero-order valence-electron chi connectivity index (χ0n) is 18.0. The highest BCUT2D eigenvalue weighted by Gasteiger charge is 2.27. The van der Waals surface area contributed by atoms with E-state index in [2.05, 4.69) is 5.32 Å². The maximum atomic E-state index is 12.6. The number of rotatable bonds is 9. The summed E-state index contributed by atoms with van der Waals surface area (Å²) in [5, 5.41) is 2.87. The standard InChI is InChI=1S/C22H28N2O6S/c1-16(17-6-11-20(28-2)21(14-17)29-3)23-22(25)15-30-18-7-9-19(10-8-18)31(26,27)24-12-4-5-13-24/h6-11,14,16H,4-5,12-13,15H2,1-3H3,(H,23,25)/t16-/m1/s1. The second-order valence-corrected chi connectivity index (χ2v) is 9.21. The number of sulfonamides is 1. The Bertz CT molecular complexity index is 1000. The lowest BCUT2D eigenvalue weighted by atomic mass is 10.1. The van der Waals surface area contributed by atoms with Gasteiger partial charge >= 0.3 is 0 Å². The highest BCUT2D eigenvalue weighted by Crippen LogP contribution is 2.30. The number of amides is 1. The largest absolute Gasteiger partial charge is 0.493 e. The number of methoxy groups -OCH3 is 2. The Morgan fingerprint density at radius 1 is 1.03 bits per heavy atom. The van der Waals surface area contributed by atoms with Gasteiger partial charge in [-0.2, -0.15) is 4.31 Å². The predicted octanol–water partition coefficient (Wildman–Crippen LogP) is 2.74. The van der Waals surface area contributed by atoms with Crippen LogP contribution in [-0.2, 0) is 14.8 Å². The van der Waals surface area contributed by atoms with Gasteiger partial charge in [-0.3, -0.25) is 4.79 Å². The molecule has 1 amide bonds. The first-order chi connectivity index (χ1) is 14.8. The number of nitrogens with zero attached hydrogens (tertiary/aromatic N) is 1. The first-order valence-electron chi connectivity index (χ1n) is 10.1. The van der Waals surface area contributed by atoms with Crippen molar-refractivity contribution in [2.45, 2.75) is 30.7 Å². The minimum Gasteiger partial charge on any atom is -0.493 e. The number of nitrogens with one attached hydrogen (secondary N) is 1. The lowest BCUT2D eigenvalue weighted by Gasteiger charge is -2.17. The number of benzene rings is 2. The lowest BCUT2D eigenvalue weighted by Crippen LogP contribution is -2.31. The Morgan fingerprint density at radius 3 is 2.29 bits per heavy atom. The summed E-state index contributed by atoms with van der Waals surface area (Å²) in [6.45, 7) is 2.78. The Morgan fingerprint density at radius 2 is 1.68 bits per heavy atom. The number of carbonyl (C=O) groups is 1. The summed E-state index contributed by atoms with van der Waals surface area (Å²) in [6.07, 6.45) is 1.77. The molecule has 1 heterocycles. The molecule has 0 saturated carbocycles. The van der Waals surface area contributed by atoms with Crippen LogP contribution in [0.3, 0.4) is 0 Å². The monoisotopic (exact) mass is 448 g/mol. The number of hydrogen-bond acceptors (Lipinski definition) is 6. The predicted molar refractivity (Wildman–Crippen MR) is 116 cm³/mol. The van der Waals surface area contributed by atoms with Crippen LogP contribution in [0.2, 0.25) is 0 Å². The molecule has 1 aliphatic rings. The molecule has 8 nitrogen and oxygen atoms in total. The third-order valence-electron chi connectivity index (χ3n) is 5.18. The summed E-state index contributed by atoms with van der Waals surface area (Å²) in [4.78, 5) is 12.5. The average molecular weight is 449 g/mol. The van der Waals surface area contributed by atoms with Crippen LogP contribution in [0.1, 0.15) is 31.4 Å². The molecule has 1 aliphatic heterocycles. The maximum absolute atomic E-state index is 12.6. The molecule has 1 N–H and O–H groups in total. The molecule has 9 heteroatoms. The molecule has 3 rings (SSSR count). The zero-order valence-corrected chi connectivity index (χ0v) is 18.8. The molecule has 0 radical (unpaired) electrons. The van der Waals surface area contributed by atoms with Gasteiger partial charge in [0, 0.05) is 13.1 Å². The van der Waals surface area contributed by atoms with Gasteiger partial charge in [0.05, 0.1) is 25.2 Å².